The Morgan fingerprint density at radius 3 is 1.02 bits per heavy atom. The van der Waals surface area contributed by atoms with Crippen molar-refractivity contribution in [2.75, 3.05) is 11.5 Å². The first-order chi connectivity index (χ1) is 19.3. The van der Waals surface area contributed by atoms with E-state index in [4.69, 9.17) is 11.5 Å². The van der Waals surface area contributed by atoms with E-state index in [2.05, 4.69) is 76.2 Å². The highest BCUT2D eigenvalue weighted by atomic mass is 14.5. The van der Waals surface area contributed by atoms with Gasteiger partial charge in [-0.15, -0.1) is 0 Å². The van der Waals surface area contributed by atoms with Gasteiger partial charge >= 0.3 is 0 Å². The number of rotatable bonds is 13. The first-order valence-electron chi connectivity index (χ1n) is 15.2. The summed E-state index contributed by atoms with van der Waals surface area (Å²) in [7, 11) is 0. The molecule has 4 aromatic carbocycles. The third-order valence-corrected chi connectivity index (χ3v) is 8.41. The van der Waals surface area contributed by atoms with Crippen molar-refractivity contribution < 1.29 is 0 Å². The maximum atomic E-state index is 5.85. The van der Waals surface area contributed by atoms with Gasteiger partial charge in [0.1, 0.15) is 0 Å². The highest BCUT2D eigenvalue weighted by molar-refractivity contribution is 5.46. The number of hydrogen-bond donors (Lipinski definition) is 2. The summed E-state index contributed by atoms with van der Waals surface area (Å²) < 4.78 is 0. The van der Waals surface area contributed by atoms with E-state index in [-0.39, 0.29) is 0 Å². The lowest BCUT2D eigenvalue weighted by atomic mass is 9.92. The minimum absolute atomic E-state index is 0.828. The number of nitrogens with two attached hydrogens (primary N) is 2. The number of hydrogen-bond acceptors (Lipinski definition) is 2. The van der Waals surface area contributed by atoms with Crippen molar-refractivity contribution in [1.29, 1.82) is 0 Å². The lowest BCUT2D eigenvalue weighted by Gasteiger charge is -2.14. The molecule has 0 spiro atoms. The van der Waals surface area contributed by atoms with Gasteiger partial charge in [-0.2, -0.15) is 0 Å². The molecule has 0 bridgehead atoms. The average Bonchev–Trinajstić information content (AvgIpc) is 2.92. The first-order valence-corrected chi connectivity index (χ1v) is 15.2. The van der Waals surface area contributed by atoms with E-state index in [0.29, 0.717) is 0 Å². The van der Waals surface area contributed by atoms with Gasteiger partial charge in [0.05, 0.1) is 0 Å². The molecule has 40 heavy (non-hydrogen) atoms. The van der Waals surface area contributed by atoms with Crippen molar-refractivity contribution in [1.82, 2.24) is 0 Å². The lowest BCUT2D eigenvalue weighted by molar-refractivity contribution is 0.593. The Kier molecular flexibility index (Phi) is 10.5. The standard InChI is InChI=1S/C38H48N2/c1-27-21-33(22-28(2)37(27)25-31-13-17-35(39)18-14-31)11-9-7-5-6-8-10-12-34-23-29(3)38(30(4)24-34)26-32-15-19-36(40)20-16-32/h13-24H,5-12,25-26,39-40H2,1-4H3. The van der Waals surface area contributed by atoms with Gasteiger partial charge in [-0.3, -0.25) is 0 Å². The lowest BCUT2D eigenvalue weighted by Crippen LogP contribution is -1.99. The number of nitrogen functional groups attached to an aromatic ring is 2. The predicted molar refractivity (Wildman–Crippen MR) is 174 cm³/mol. The van der Waals surface area contributed by atoms with E-state index < -0.39 is 0 Å². The Bertz CT molecular complexity index is 1230. The van der Waals surface area contributed by atoms with Crippen LogP contribution < -0.4 is 11.5 Å². The first kappa shape index (κ1) is 29.5. The predicted octanol–water partition coefficient (Wildman–Crippen LogP) is 9.39. The quantitative estimate of drug-likeness (QED) is 0.133. The van der Waals surface area contributed by atoms with Gasteiger partial charge in [0.2, 0.25) is 0 Å². The molecule has 0 radical (unpaired) electrons. The van der Waals surface area contributed by atoms with E-state index in [1.807, 2.05) is 24.3 Å². The highest BCUT2D eigenvalue weighted by Gasteiger charge is 2.08. The van der Waals surface area contributed by atoms with Crippen LogP contribution >= 0.6 is 0 Å². The molecule has 210 valence electrons. The van der Waals surface area contributed by atoms with Crippen LogP contribution in [-0.2, 0) is 25.7 Å². The molecule has 0 saturated heterocycles. The summed E-state index contributed by atoms with van der Waals surface area (Å²) in [5.41, 5.74) is 27.5. The number of unbranched alkanes of at least 4 members (excludes halogenated alkanes) is 5. The second kappa shape index (κ2) is 14.2. The minimum atomic E-state index is 0.828. The Hall–Kier alpha value is -3.52. The van der Waals surface area contributed by atoms with Gasteiger partial charge in [-0.25, -0.2) is 0 Å². The van der Waals surface area contributed by atoms with Crippen LogP contribution in [-0.4, -0.2) is 0 Å². The molecule has 0 heterocycles. The van der Waals surface area contributed by atoms with Gasteiger partial charge in [0.25, 0.3) is 0 Å². The molecule has 0 saturated carbocycles. The van der Waals surface area contributed by atoms with Crippen LogP contribution in [0.1, 0.15) is 94.2 Å². The zero-order valence-corrected chi connectivity index (χ0v) is 25.2. The summed E-state index contributed by atoms with van der Waals surface area (Å²) >= 11 is 0. The van der Waals surface area contributed by atoms with Crippen LogP contribution in [0.2, 0.25) is 0 Å². The Morgan fingerprint density at radius 2 is 0.700 bits per heavy atom. The summed E-state index contributed by atoms with van der Waals surface area (Å²) in [5.74, 6) is 0. The Balaban J connectivity index is 1.15. The molecule has 2 nitrogen and oxygen atoms in total. The highest BCUT2D eigenvalue weighted by Crippen LogP contribution is 2.24. The van der Waals surface area contributed by atoms with E-state index >= 15 is 0 Å². The number of aryl methyl sites for hydroxylation is 6. The van der Waals surface area contributed by atoms with E-state index in [1.54, 1.807) is 0 Å². The van der Waals surface area contributed by atoms with Gasteiger partial charge < -0.3 is 11.5 Å². The Morgan fingerprint density at radius 1 is 0.400 bits per heavy atom. The van der Waals surface area contributed by atoms with Crippen LogP contribution in [0.4, 0.5) is 11.4 Å². The van der Waals surface area contributed by atoms with Crippen molar-refractivity contribution in [2.24, 2.45) is 0 Å². The van der Waals surface area contributed by atoms with Crippen LogP contribution in [0.3, 0.4) is 0 Å². The molecule has 0 fully saturated rings. The Labute approximate surface area is 242 Å². The summed E-state index contributed by atoms with van der Waals surface area (Å²) in [4.78, 5) is 0. The molecule has 0 aliphatic heterocycles. The molecule has 0 unspecified atom stereocenters. The summed E-state index contributed by atoms with van der Waals surface area (Å²) in [5, 5.41) is 0. The van der Waals surface area contributed by atoms with Gasteiger partial charge in [-0.1, -0.05) is 74.2 Å². The van der Waals surface area contributed by atoms with Crippen LogP contribution in [0.25, 0.3) is 0 Å². The average molecular weight is 533 g/mol. The molecular formula is C38H48N2. The second-order valence-electron chi connectivity index (χ2n) is 11.9. The van der Waals surface area contributed by atoms with Crippen molar-refractivity contribution in [3.8, 4) is 0 Å². The van der Waals surface area contributed by atoms with Gasteiger partial charge in [0, 0.05) is 11.4 Å². The molecule has 4 aromatic rings. The SMILES string of the molecule is Cc1cc(CCCCCCCCc2cc(C)c(Cc3ccc(N)cc3)c(C)c2)cc(C)c1Cc1ccc(N)cc1. The molecule has 0 aliphatic carbocycles. The number of benzene rings is 4. The maximum Gasteiger partial charge on any atom is 0.0314 e. The molecule has 0 aromatic heterocycles. The maximum absolute atomic E-state index is 5.85. The topological polar surface area (TPSA) is 52.0 Å². The fraction of sp³-hybridized carbons (Fsp3) is 0.368. The number of anilines is 2. The zero-order valence-electron chi connectivity index (χ0n) is 25.2. The zero-order chi connectivity index (χ0) is 28.5. The van der Waals surface area contributed by atoms with Crippen LogP contribution in [0.5, 0.6) is 0 Å². The van der Waals surface area contributed by atoms with Gasteiger partial charge in [-0.05, 0) is 146 Å². The minimum Gasteiger partial charge on any atom is -0.399 e. The third-order valence-electron chi connectivity index (χ3n) is 8.41. The van der Waals surface area contributed by atoms with E-state index in [0.717, 1.165) is 24.2 Å². The van der Waals surface area contributed by atoms with Crippen LogP contribution in [0.15, 0.2) is 72.8 Å². The molecule has 4 rings (SSSR count). The van der Waals surface area contributed by atoms with Crippen molar-refractivity contribution in [2.45, 2.75) is 91.9 Å². The van der Waals surface area contributed by atoms with Crippen molar-refractivity contribution >= 4 is 11.4 Å². The molecule has 4 N–H and O–H groups in total. The molecule has 0 atom stereocenters. The normalized spacial score (nSPS) is 11.2. The van der Waals surface area contributed by atoms with Crippen LogP contribution in [0, 0.1) is 27.7 Å². The summed E-state index contributed by atoms with van der Waals surface area (Å²) in [6.45, 7) is 9.05. The largest absolute Gasteiger partial charge is 0.399 e. The molecule has 2 heteroatoms. The molecule has 0 amide bonds. The molecular weight excluding hydrogens is 484 g/mol. The second-order valence-corrected chi connectivity index (χ2v) is 11.9. The monoisotopic (exact) mass is 532 g/mol. The van der Waals surface area contributed by atoms with Crippen molar-refractivity contribution in [3.05, 3.63) is 128 Å². The van der Waals surface area contributed by atoms with E-state index in [1.165, 1.54) is 107 Å². The molecule has 0 aliphatic rings. The summed E-state index contributed by atoms with van der Waals surface area (Å²) in [6, 6.07) is 26.2. The third kappa shape index (κ3) is 8.49. The van der Waals surface area contributed by atoms with Gasteiger partial charge in [0.15, 0.2) is 0 Å². The van der Waals surface area contributed by atoms with Crippen molar-refractivity contribution in [3.63, 3.8) is 0 Å². The summed E-state index contributed by atoms with van der Waals surface area (Å²) in [6.07, 6.45) is 12.2. The smallest absolute Gasteiger partial charge is 0.0314 e. The fourth-order valence-electron chi connectivity index (χ4n) is 6.06. The van der Waals surface area contributed by atoms with E-state index in [9.17, 15) is 0 Å². The fourth-order valence-corrected chi connectivity index (χ4v) is 6.06.